The number of pyridine rings is 1. The summed E-state index contributed by atoms with van der Waals surface area (Å²) >= 11 is 0. The van der Waals surface area contributed by atoms with Crippen molar-refractivity contribution in [2.24, 2.45) is 5.73 Å². The molecule has 0 amide bonds. The molecule has 8 heteroatoms. The fraction of sp³-hybridized carbons (Fsp3) is 0.375. The van der Waals surface area contributed by atoms with Crippen molar-refractivity contribution in [2.45, 2.75) is 19.1 Å². The predicted molar refractivity (Wildman–Crippen MR) is 42.0 cm³/mol. The minimum absolute atomic E-state index is 0.523. The molecule has 0 saturated heterocycles. The Morgan fingerprint density at radius 2 is 1.88 bits per heavy atom. The molecule has 0 atom stereocenters. The molecule has 0 aromatic carbocycles. The number of nitrogens with two attached hydrogens (primary N) is 1. The minimum Gasteiger partial charge on any atom is -0.326 e. The Kier molecular flexibility index (Phi) is 3.41. The van der Waals surface area contributed by atoms with Crippen LogP contribution in [0.3, 0.4) is 0 Å². The van der Waals surface area contributed by atoms with E-state index in [9.17, 15) is 26.3 Å². The van der Waals surface area contributed by atoms with E-state index in [0.29, 0.717) is 6.07 Å². The Bertz CT molecular complexity index is 387. The molecule has 1 aromatic heterocycles. The van der Waals surface area contributed by atoms with Gasteiger partial charge in [0.1, 0.15) is 5.69 Å². The van der Waals surface area contributed by atoms with Crippen molar-refractivity contribution in [1.29, 1.82) is 0 Å². The Balaban J connectivity index is 3.42. The fourth-order valence-corrected chi connectivity index (χ4v) is 1.05. The van der Waals surface area contributed by atoms with E-state index >= 15 is 0 Å². The van der Waals surface area contributed by atoms with Crippen LogP contribution in [0.5, 0.6) is 0 Å². The van der Waals surface area contributed by atoms with Crippen LogP contribution < -0.4 is 5.73 Å². The number of alkyl halides is 5. The van der Waals surface area contributed by atoms with Gasteiger partial charge in [-0.25, -0.2) is 18.2 Å². The van der Waals surface area contributed by atoms with Gasteiger partial charge in [-0.05, 0) is 6.07 Å². The molecule has 16 heavy (non-hydrogen) atoms. The number of halogens is 6. The Morgan fingerprint density at radius 3 is 2.25 bits per heavy atom. The summed E-state index contributed by atoms with van der Waals surface area (Å²) in [6.07, 6.45) is -8.34. The molecule has 0 unspecified atom stereocenters. The number of hydrogen-bond acceptors (Lipinski definition) is 2. The van der Waals surface area contributed by atoms with Crippen LogP contribution in [-0.2, 0) is 12.7 Å². The molecule has 0 aliphatic carbocycles. The number of nitrogens with zero attached hydrogens (tertiary/aromatic N) is 1. The lowest BCUT2D eigenvalue weighted by molar-refractivity contribution is -0.144. The fourth-order valence-electron chi connectivity index (χ4n) is 1.05. The zero-order valence-corrected chi connectivity index (χ0v) is 7.65. The van der Waals surface area contributed by atoms with Gasteiger partial charge in [-0.1, -0.05) is 0 Å². The maximum Gasteiger partial charge on any atom is 0.436 e. The second-order valence-electron chi connectivity index (χ2n) is 2.87. The second-order valence-corrected chi connectivity index (χ2v) is 2.87. The van der Waals surface area contributed by atoms with Gasteiger partial charge in [-0.2, -0.15) is 13.2 Å². The van der Waals surface area contributed by atoms with E-state index in [1.165, 1.54) is 0 Å². The molecule has 2 N–H and O–H groups in total. The van der Waals surface area contributed by atoms with Gasteiger partial charge in [-0.15, -0.1) is 0 Å². The van der Waals surface area contributed by atoms with E-state index in [0.717, 1.165) is 0 Å². The molecule has 1 heterocycles. The monoisotopic (exact) mass is 244 g/mol. The molecule has 0 spiro atoms. The lowest BCUT2D eigenvalue weighted by Crippen LogP contribution is -2.16. The first-order valence-corrected chi connectivity index (χ1v) is 4.02. The van der Waals surface area contributed by atoms with Crippen molar-refractivity contribution in [3.05, 3.63) is 28.8 Å². The van der Waals surface area contributed by atoms with Crippen LogP contribution in [0, 0.1) is 5.82 Å². The number of hydrogen-bond donors (Lipinski definition) is 1. The van der Waals surface area contributed by atoms with Crippen LogP contribution in [0.25, 0.3) is 0 Å². The molecule has 2 nitrogen and oxygen atoms in total. The van der Waals surface area contributed by atoms with E-state index in [1.54, 1.807) is 0 Å². The number of rotatable bonds is 2. The van der Waals surface area contributed by atoms with E-state index in [-0.39, 0.29) is 0 Å². The summed E-state index contributed by atoms with van der Waals surface area (Å²) in [5.74, 6) is -1.71. The molecule has 1 rings (SSSR count). The third kappa shape index (κ3) is 2.43. The lowest BCUT2D eigenvalue weighted by atomic mass is 10.1. The first-order chi connectivity index (χ1) is 7.27. The summed E-state index contributed by atoms with van der Waals surface area (Å²) in [5.41, 5.74) is 1.20. The Hall–Kier alpha value is -1.31. The Labute approximate surface area is 86.1 Å². The van der Waals surface area contributed by atoms with E-state index in [2.05, 4.69) is 4.98 Å². The molecule has 1 aromatic rings. The zero-order chi connectivity index (χ0) is 12.5. The van der Waals surface area contributed by atoms with Crippen LogP contribution in [0.2, 0.25) is 0 Å². The van der Waals surface area contributed by atoms with Gasteiger partial charge in [0.05, 0.1) is 0 Å². The summed E-state index contributed by atoms with van der Waals surface area (Å²) in [6, 6.07) is 0.523. The predicted octanol–water partition coefficient (Wildman–Crippen LogP) is 2.64. The molecular formula is C8H6F6N2. The van der Waals surface area contributed by atoms with Crippen molar-refractivity contribution in [3.8, 4) is 0 Å². The normalized spacial score (nSPS) is 12.2. The highest BCUT2D eigenvalue weighted by molar-refractivity contribution is 5.26. The van der Waals surface area contributed by atoms with Gasteiger partial charge in [-0.3, -0.25) is 0 Å². The largest absolute Gasteiger partial charge is 0.436 e. The van der Waals surface area contributed by atoms with Gasteiger partial charge >= 0.3 is 6.18 Å². The lowest BCUT2D eigenvalue weighted by Gasteiger charge is -2.11. The van der Waals surface area contributed by atoms with Crippen LogP contribution in [-0.4, -0.2) is 4.98 Å². The molecule has 0 bridgehead atoms. The van der Waals surface area contributed by atoms with Gasteiger partial charge in [0.25, 0.3) is 6.43 Å². The Morgan fingerprint density at radius 1 is 1.31 bits per heavy atom. The molecule has 0 saturated carbocycles. The molecule has 0 aliphatic heterocycles. The van der Waals surface area contributed by atoms with Crippen molar-refractivity contribution in [1.82, 2.24) is 4.98 Å². The first-order valence-electron chi connectivity index (χ1n) is 4.02. The topological polar surface area (TPSA) is 38.9 Å². The second kappa shape index (κ2) is 4.28. The molecule has 0 radical (unpaired) electrons. The van der Waals surface area contributed by atoms with Gasteiger partial charge < -0.3 is 5.73 Å². The van der Waals surface area contributed by atoms with Crippen molar-refractivity contribution < 1.29 is 26.3 Å². The van der Waals surface area contributed by atoms with Crippen molar-refractivity contribution in [2.75, 3.05) is 0 Å². The maximum atomic E-state index is 13.1. The summed E-state index contributed by atoms with van der Waals surface area (Å²) in [5, 5.41) is 0. The quantitative estimate of drug-likeness (QED) is 0.812. The first kappa shape index (κ1) is 12.8. The molecule has 0 fully saturated rings. The van der Waals surface area contributed by atoms with Crippen LogP contribution in [0.4, 0.5) is 26.3 Å². The highest BCUT2D eigenvalue weighted by Gasteiger charge is 2.38. The highest BCUT2D eigenvalue weighted by Crippen LogP contribution is 2.32. The van der Waals surface area contributed by atoms with Crippen LogP contribution in [0.1, 0.15) is 23.4 Å². The number of aromatic nitrogens is 1. The van der Waals surface area contributed by atoms with Gasteiger partial charge in [0, 0.05) is 12.1 Å². The summed E-state index contributed by atoms with van der Waals surface area (Å²) in [7, 11) is 0. The van der Waals surface area contributed by atoms with E-state index < -0.39 is 41.9 Å². The molecular weight excluding hydrogens is 238 g/mol. The van der Waals surface area contributed by atoms with Crippen molar-refractivity contribution in [3.63, 3.8) is 0 Å². The summed E-state index contributed by atoms with van der Waals surface area (Å²) in [6.45, 7) is -0.614. The smallest absolute Gasteiger partial charge is 0.326 e. The van der Waals surface area contributed by atoms with E-state index in [1.807, 2.05) is 0 Å². The maximum absolute atomic E-state index is 13.1. The van der Waals surface area contributed by atoms with Gasteiger partial charge in [0.2, 0.25) is 0 Å². The van der Waals surface area contributed by atoms with Crippen LogP contribution in [0.15, 0.2) is 6.07 Å². The average Bonchev–Trinajstić information content (AvgIpc) is 2.15. The van der Waals surface area contributed by atoms with Gasteiger partial charge in [0.15, 0.2) is 11.5 Å². The molecule has 0 aliphatic rings. The zero-order valence-electron chi connectivity index (χ0n) is 7.65. The van der Waals surface area contributed by atoms with Crippen molar-refractivity contribution >= 4 is 0 Å². The summed E-state index contributed by atoms with van der Waals surface area (Å²) in [4.78, 5) is 2.55. The average molecular weight is 244 g/mol. The molecule has 90 valence electrons. The standard InChI is InChI=1S/C8H6F6N2/c9-5-3(2-15)1-4(7(10)11)16-6(5)8(12,13)14/h1,7H,2,15H2. The summed E-state index contributed by atoms with van der Waals surface area (Å²) < 4.78 is 74.1. The minimum atomic E-state index is -5.13. The van der Waals surface area contributed by atoms with E-state index in [4.69, 9.17) is 5.73 Å². The SMILES string of the molecule is NCc1cc(C(F)F)nc(C(F)(F)F)c1F. The van der Waals surface area contributed by atoms with Crippen LogP contribution >= 0.6 is 0 Å². The third-order valence-corrected chi connectivity index (χ3v) is 1.76. The highest BCUT2D eigenvalue weighted by atomic mass is 19.4. The third-order valence-electron chi connectivity index (χ3n) is 1.76.